The highest BCUT2D eigenvalue weighted by Gasteiger charge is 2.59. The predicted molar refractivity (Wildman–Crippen MR) is 122 cm³/mol. The zero-order valence-electron chi connectivity index (χ0n) is 19.5. The number of nitrogens with zero attached hydrogens (tertiary/aromatic N) is 3. The van der Waals surface area contributed by atoms with Crippen LogP contribution in [0, 0.1) is 11.8 Å². The Hall–Kier alpha value is -2.65. The van der Waals surface area contributed by atoms with E-state index in [9.17, 15) is 13.2 Å². The Morgan fingerprint density at radius 2 is 2.00 bits per heavy atom. The summed E-state index contributed by atoms with van der Waals surface area (Å²) < 4.78 is 50.7. The molecule has 0 radical (unpaired) electrons. The van der Waals surface area contributed by atoms with E-state index in [1.54, 1.807) is 6.08 Å². The second-order valence-electron chi connectivity index (χ2n) is 10.2. The van der Waals surface area contributed by atoms with Crippen molar-refractivity contribution < 1.29 is 22.4 Å². The number of aromatic nitrogens is 2. The molecule has 0 spiro atoms. The van der Waals surface area contributed by atoms with Gasteiger partial charge in [0, 0.05) is 24.2 Å². The van der Waals surface area contributed by atoms with Crippen molar-refractivity contribution in [3.63, 3.8) is 0 Å². The summed E-state index contributed by atoms with van der Waals surface area (Å²) in [6, 6.07) is 10.3. The van der Waals surface area contributed by atoms with Crippen LogP contribution in [0.15, 0.2) is 58.8 Å². The van der Waals surface area contributed by atoms with Gasteiger partial charge in [0.25, 0.3) is 0 Å². The number of epoxide rings is 1. The molecule has 2 aromatic rings. The molecule has 186 valence electrons. The zero-order chi connectivity index (χ0) is 24.2. The smallest absolute Gasteiger partial charge is 0.343 e. The van der Waals surface area contributed by atoms with Crippen molar-refractivity contribution in [1.82, 2.24) is 20.4 Å². The zero-order valence-corrected chi connectivity index (χ0v) is 19.5. The van der Waals surface area contributed by atoms with Gasteiger partial charge in [0.15, 0.2) is 5.82 Å². The quantitative estimate of drug-likeness (QED) is 0.574. The van der Waals surface area contributed by atoms with Gasteiger partial charge >= 0.3 is 6.18 Å². The molecule has 5 unspecified atom stereocenters. The fraction of sp³-hybridized carbons (Fsp3) is 0.538. The second kappa shape index (κ2) is 8.48. The summed E-state index contributed by atoms with van der Waals surface area (Å²) in [5, 5.41) is 7.71. The maximum atomic E-state index is 13.0. The standard InChI is InChI=1S/C26H29F3N4O2/c1-16(18-5-3-2-4-6-18)23-30-24(35-32-23)21-13-17-7-12-22(21)33(14-17)25(15-34-25)31-20-10-8-19(9-11-20)26(27,28)29/h2-6,8,10-11,16-17,19,21-22,31H,7,9,12-15H2,1H3/t16-,17?,19?,21?,22?,25?/m0/s1. The number of benzene rings is 1. The monoisotopic (exact) mass is 486 g/mol. The second-order valence-corrected chi connectivity index (χ2v) is 10.2. The first-order chi connectivity index (χ1) is 16.8. The molecule has 6 atom stereocenters. The number of fused-ring (bicyclic) bond motifs is 3. The molecule has 0 amide bonds. The third-order valence-corrected chi connectivity index (χ3v) is 7.98. The maximum absolute atomic E-state index is 13.0. The molecular weight excluding hydrogens is 457 g/mol. The van der Waals surface area contributed by atoms with E-state index in [2.05, 4.69) is 34.4 Å². The van der Waals surface area contributed by atoms with Crippen LogP contribution < -0.4 is 5.32 Å². The van der Waals surface area contributed by atoms with Crippen LogP contribution in [0.4, 0.5) is 13.2 Å². The molecule has 35 heavy (non-hydrogen) atoms. The van der Waals surface area contributed by atoms with Crippen molar-refractivity contribution in [3.05, 3.63) is 71.5 Å². The van der Waals surface area contributed by atoms with E-state index in [1.807, 2.05) is 18.2 Å². The average Bonchev–Trinajstić information content (AvgIpc) is 3.48. The number of alkyl halides is 3. The van der Waals surface area contributed by atoms with Gasteiger partial charge in [0.2, 0.25) is 11.7 Å². The third-order valence-electron chi connectivity index (χ3n) is 7.98. The summed E-state index contributed by atoms with van der Waals surface area (Å²) in [5.41, 5.74) is 1.82. The molecule has 1 aromatic heterocycles. The Morgan fingerprint density at radius 3 is 2.66 bits per heavy atom. The molecule has 1 saturated carbocycles. The molecule has 3 saturated heterocycles. The van der Waals surface area contributed by atoms with Gasteiger partial charge in [-0.2, -0.15) is 18.2 Å². The van der Waals surface area contributed by atoms with Crippen LogP contribution >= 0.6 is 0 Å². The van der Waals surface area contributed by atoms with Crippen molar-refractivity contribution in [2.24, 2.45) is 11.8 Å². The number of hydrogen-bond acceptors (Lipinski definition) is 6. The average molecular weight is 487 g/mol. The van der Waals surface area contributed by atoms with Crippen molar-refractivity contribution in [1.29, 1.82) is 0 Å². The van der Waals surface area contributed by atoms with Crippen LogP contribution in [-0.4, -0.2) is 46.3 Å². The molecule has 5 aliphatic rings. The van der Waals surface area contributed by atoms with Gasteiger partial charge in [0.1, 0.15) is 6.61 Å². The van der Waals surface area contributed by atoms with Gasteiger partial charge in [-0.25, -0.2) is 0 Å². The Balaban J connectivity index is 1.18. The van der Waals surface area contributed by atoms with E-state index < -0.39 is 17.9 Å². The molecule has 1 N–H and O–H groups in total. The lowest BCUT2D eigenvalue weighted by Gasteiger charge is -2.51. The van der Waals surface area contributed by atoms with E-state index in [1.165, 1.54) is 12.2 Å². The molecule has 6 nitrogen and oxygen atoms in total. The highest BCUT2D eigenvalue weighted by molar-refractivity contribution is 5.26. The Kier molecular flexibility index (Phi) is 5.52. The first kappa shape index (κ1) is 22.8. The molecule has 1 aromatic carbocycles. The molecule has 9 heteroatoms. The SMILES string of the molecule is C[C@@H](c1ccccc1)c1noc(C2CC3CCC2N(C2(NC4=CCC(C(F)(F)F)C=C4)CO2)C3)n1. The third kappa shape index (κ3) is 4.29. The van der Waals surface area contributed by atoms with Crippen molar-refractivity contribution in [3.8, 4) is 0 Å². The lowest BCUT2D eigenvalue weighted by molar-refractivity contribution is -0.160. The topological polar surface area (TPSA) is 66.7 Å². The van der Waals surface area contributed by atoms with Crippen molar-refractivity contribution >= 4 is 0 Å². The number of nitrogens with one attached hydrogen (secondary N) is 1. The summed E-state index contributed by atoms with van der Waals surface area (Å²) in [7, 11) is 0. The fourth-order valence-electron chi connectivity index (χ4n) is 5.90. The summed E-state index contributed by atoms with van der Waals surface area (Å²) in [6.45, 7) is 3.46. The summed E-state index contributed by atoms with van der Waals surface area (Å²) in [6.07, 6.45) is 3.25. The van der Waals surface area contributed by atoms with Crippen LogP contribution in [0.1, 0.15) is 61.7 Å². The number of hydrogen-bond donors (Lipinski definition) is 1. The molecule has 4 heterocycles. The largest absolute Gasteiger partial charge is 0.395 e. The Bertz CT molecular complexity index is 1130. The van der Waals surface area contributed by atoms with Gasteiger partial charge in [-0.15, -0.1) is 0 Å². The molecule has 2 aliphatic carbocycles. The lowest BCUT2D eigenvalue weighted by atomic mass is 9.72. The highest BCUT2D eigenvalue weighted by Crippen LogP contribution is 2.49. The molecular formula is C26H29F3N4O2. The van der Waals surface area contributed by atoms with E-state index in [-0.39, 0.29) is 24.3 Å². The Morgan fingerprint density at radius 1 is 1.20 bits per heavy atom. The van der Waals surface area contributed by atoms with Crippen LogP contribution in [0.3, 0.4) is 0 Å². The normalized spacial score (nSPS) is 33.4. The number of ether oxygens (including phenoxy) is 1. The Labute approximate surface area is 202 Å². The summed E-state index contributed by atoms with van der Waals surface area (Å²) in [5.74, 6) is -0.112. The number of piperidine rings is 2. The number of allylic oxidation sites excluding steroid dienone is 3. The summed E-state index contributed by atoms with van der Waals surface area (Å²) in [4.78, 5) is 7.16. The van der Waals surface area contributed by atoms with Gasteiger partial charge in [-0.3, -0.25) is 4.90 Å². The predicted octanol–water partition coefficient (Wildman–Crippen LogP) is 5.09. The first-order valence-corrected chi connectivity index (χ1v) is 12.3. The molecule has 2 bridgehead atoms. The minimum absolute atomic E-state index is 0.0379. The fourth-order valence-corrected chi connectivity index (χ4v) is 5.90. The molecule has 4 fully saturated rings. The van der Waals surface area contributed by atoms with E-state index in [0.717, 1.165) is 31.4 Å². The number of halogens is 3. The van der Waals surface area contributed by atoms with Gasteiger partial charge in [-0.1, -0.05) is 54.6 Å². The van der Waals surface area contributed by atoms with E-state index >= 15 is 0 Å². The number of rotatable bonds is 6. The van der Waals surface area contributed by atoms with Crippen LogP contribution in [0.25, 0.3) is 0 Å². The first-order valence-electron chi connectivity index (χ1n) is 12.3. The van der Waals surface area contributed by atoms with Crippen molar-refractivity contribution in [2.75, 3.05) is 13.2 Å². The minimum atomic E-state index is -4.22. The van der Waals surface area contributed by atoms with E-state index in [0.29, 0.717) is 29.9 Å². The van der Waals surface area contributed by atoms with Crippen LogP contribution in [0.2, 0.25) is 0 Å². The summed E-state index contributed by atoms with van der Waals surface area (Å²) >= 11 is 0. The molecule has 3 aliphatic heterocycles. The van der Waals surface area contributed by atoms with Gasteiger partial charge in [0.05, 0.1) is 11.8 Å². The van der Waals surface area contributed by atoms with Crippen LogP contribution in [0.5, 0.6) is 0 Å². The molecule has 7 rings (SSSR count). The lowest BCUT2D eigenvalue weighted by Crippen LogP contribution is -2.61. The van der Waals surface area contributed by atoms with E-state index in [4.69, 9.17) is 14.2 Å². The van der Waals surface area contributed by atoms with Gasteiger partial charge in [-0.05, 0) is 43.2 Å². The van der Waals surface area contributed by atoms with Gasteiger partial charge < -0.3 is 14.6 Å². The van der Waals surface area contributed by atoms with Crippen LogP contribution in [-0.2, 0) is 4.74 Å². The highest BCUT2D eigenvalue weighted by atomic mass is 19.4. The minimum Gasteiger partial charge on any atom is -0.343 e. The van der Waals surface area contributed by atoms with Crippen molar-refractivity contribution in [2.45, 2.75) is 62.5 Å². The maximum Gasteiger partial charge on any atom is 0.395 e.